The van der Waals surface area contributed by atoms with E-state index in [2.05, 4.69) is 11.6 Å². The van der Waals surface area contributed by atoms with Gasteiger partial charge in [-0.1, -0.05) is 20.4 Å². The zero-order valence-corrected chi connectivity index (χ0v) is 7.97. The second kappa shape index (κ2) is 5.70. The van der Waals surface area contributed by atoms with Crippen molar-refractivity contribution in [1.29, 1.82) is 0 Å². The number of halogens is 1. The summed E-state index contributed by atoms with van der Waals surface area (Å²) < 4.78 is 12.9. The van der Waals surface area contributed by atoms with Gasteiger partial charge in [-0.2, -0.15) is 0 Å². The summed E-state index contributed by atoms with van der Waals surface area (Å²) in [6, 6.07) is 0. The lowest BCUT2D eigenvalue weighted by molar-refractivity contribution is 0.633. The fraction of sp³-hybridized carbons (Fsp3) is 0.500. The van der Waals surface area contributed by atoms with Crippen LogP contribution in [-0.4, -0.2) is 6.21 Å². The van der Waals surface area contributed by atoms with E-state index in [0.717, 1.165) is 6.42 Å². The molecule has 0 aromatic carbocycles. The Kier molecular flexibility index (Phi) is 5.26. The van der Waals surface area contributed by atoms with Crippen LogP contribution in [0.2, 0.25) is 0 Å². The van der Waals surface area contributed by atoms with Crippen molar-refractivity contribution >= 4 is 6.21 Å². The quantitative estimate of drug-likeness (QED) is 0.571. The molecular weight excluding hydrogens is 153 g/mol. The van der Waals surface area contributed by atoms with E-state index in [4.69, 9.17) is 0 Å². The maximum atomic E-state index is 12.9. The molecule has 0 aliphatic carbocycles. The summed E-state index contributed by atoms with van der Waals surface area (Å²) in [6.45, 7) is 9.25. The molecule has 0 radical (unpaired) electrons. The van der Waals surface area contributed by atoms with Crippen LogP contribution >= 0.6 is 0 Å². The fourth-order valence-electron chi connectivity index (χ4n) is 0.605. The molecule has 0 aromatic heterocycles. The molecule has 0 fully saturated rings. The van der Waals surface area contributed by atoms with Crippen molar-refractivity contribution in [3.8, 4) is 0 Å². The Bertz CT molecular complexity index is 204. The minimum Gasteiger partial charge on any atom is -0.259 e. The molecule has 0 aliphatic rings. The van der Waals surface area contributed by atoms with Crippen LogP contribution in [0.5, 0.6) is 0 Å². The highest BCUT2D eigenvalue weighted by Crippen LogP contribution is 2.06. The summed E-state index contributed by atoms with van der Waals surface area (Å²) in [6.07, 6.45) is 3.70. The van der Waals surface area contributed by atoms with Crippen LogP contribution in [0.1, 0.15) is 27.2 Å². The first kappa shape index (κ1) is 11.1. The number of aliphatic imine (C=N–C) groups is 1. The first-order valence-corrected chi connectivity index (χ1v) is 4.13. The second-order valence-corrected chi connectivity index (χ2v) is 2.93. The largest absolute Gasteiger partial charge is 0.259 e. The first-order valence-electron chi connectivity index (χ1n) is 4.13. The molecule has 1 atom stereocenters. The highest BCUT2D eigenvalue weighted by Gasteiger charge is 1.95. The summed E-state index contributed by atoms with van der Waals surface area (Å²) in [5.41, 5.74) is 0.614. The van der Waals surface area contributed by atoms with Crippen LogP contribution in [0.15, 0.2) is 29.2 Å². The van der Waals surface area contributed by atoms with Crippen molar-refractivity contribution in [1.82, 2.24) is 0 Å². The van der Waals surface area contributed by atoms with Crippen LogP contribution < -0.4 is 0 Å². The van der Waals surface area contributed by atoms with Crippen LogP contribution in [0.4, 0.5) is 4.39 Å². The van der Waals surface area contributed by atoms with E-state index in [1.807, 2.05) is 13.8 Å². The molecule has 2 heteroatoms. The average molecular weight is 169 g/mol. The monoisotopic (exact) mass is 169 g/mol. The van der Waals surface area contributed by atoms with Gasteiger partial charge < -0.3 is 0 Å². The molecule has 68 valence electrons. The first-order chi connectivity index (χ1) is 5.56. The number of rotatable bonds is 4. The maximum Gasteiger partial charge on any atom is 0.137 e. The van der Waals surface area contributed by atoms with E-state index >= 15 is 0 Å². The smallest absolute Gasteiger partial charge is 0.137 e. The van der Waals surface area contributed by atoms with Crippen molar-refractivity contribution in [2.45, 2.75) is 27.2 Å². The lowest BCUT2D eigenvalue weighted by atomic mass is 10.1. The summed E-state index contributed by atoms with van der Waals surface area (Å²) in [4.78, 5) is 3.75. The van der Waals surface area contributed by atoms with Gasteiger partial charge in [-0.3, -0.25) is 4.99 Å². The van der Waals surface area contributed by atoms with Crippen molar-refractivity contribution in [2.75, 3.05) is 0 Å². The van der Waals surface area contributed by atoms with Gasteiger partial charge in [0.05, 0.1) is 6.21 Å². The molecule has 0 amide bonds. The van der Waals surface area contributed by atoms with E-state index < -0.39 is 0 Å². The van der Waals surface area contributed by atoms with Crippen molar-refractivity contribution < 1.29 is 4.39 Å². The molecule has 0 saturated heterocycles. The molecular formula is C10H16FN. The molecule has 1 nitrogen and oxygen atoms in total. The zero-order chi connectivity index (χ0) is 9.56. The number of allylic oxidation sites excluding steroid dienone is 3. The molecule has 0 saturated carbocycles. The number of hydrogen-bond acceptors (Lipinski definition) is 1. The zero-order valence-electron chi connectivity index (χ0n) is 7.97. The molecule has 0 N–H and O–H groups in total. The maximum absolute atomic E-state index is 12.9. The van der Waals surface area contributed by atoms with Gasteiger partial charge >= 0.3 is 0 Å². The second-order valence-electron chi connectivity index (χ2n) is 2.93. The number of hydrogen-bond donors (Lipinski definition) is 0. The average Bonchev–Trinajstić information content (AvgIpc) is 2.00. The summed E-state index contributed by atoms with van der Waals surface area (Å²) in [5.74, 6) is -0.0195. The Hall–Kier alpha value is -0.920. The molecule has 0 spiro atoms. The Morgan fingerprint density at radius 3 is 2.67 bits per heavy atom. The third kappa shape index (κ3) is 5.83. The number of nitrogens with zero attached hydrogens (tertiary/aromatic N) is 1. The Labute approximate surface area is 73.7 Å². The third-order valence-electron chi connectivity index (χ3n) is 1.50. The predicted octanol–water partition coefficient (Wildman–Crippen LogP) is 3.49. The Morgan fingerprint density at radius 1 is 1.67 bits per heavy atom. The van der Waals surface area contributed by atoms with E-state index in [1.54, 1.807) is 13.0 Å². The standard InChI is InChI=1S/C10H16FN/c1-5-9(4)6-10(11)7-12-8(2)3/h6-7,9H,2,5H2,1,3-4H3/b10-6+,12-7?. The van der Waals surface area contributed by atoms with Gasteiger partial charge in [0.2, 0.25) is 0 Å². The van der Waals surface area contributed by atoms with Gasteiger partial charge in [-0.05, 0) is 25.3 Å². The SMILES string of the molecule is C=C(C)N=C/C(F)=C\C(C)CC. The van der Waals surface area contributed by atoms with Crippen LogP contribution in [-0.2, 0) is 0 Å². The lowest BCUT2D eigenvalue weighted by Crippen LogP contribution is -1.87. The van der Waals surface area contributed by atoms with Crippen LogP contribution in [0.25, 0.3) is 0 Å². The summed E-state index contributed by atoms with van der Waals surface area (Å²) in [7, 11) is 0. The van der Waals surface area contributed by atoms with Crippen molar-refractivity contribution in [2.24, 2.45) is 10.9 Å². The summed E-state index contributed by atoms with van der Waals surface area (Å²) >= 11 is 0. The van der Waals surface area contributed by atoms with Crippen molar-refractivity contribution in [3.05, 3.63) is 24.2 Å². The predicted molar refractivity (Wildman–Crippen MR) is 52.0 cm³/mol. The molecule has 0 rings (SSSR count). The van der Waals surface area contributed by atoms with E-state index in [0.29, 0.717) is 5.70 Å². The molecule has 12 heavy (non-hydrogen) atoms. The molecule has 0 bridgehead atoms. The van der Waals surface area contributed by atoms with Gasteiger partial charge in [-0.25, -0.2) is 4.39 Å². The summed E-state index contributed by atoms with van der Waals surface area (Å²) in [5, 5.41) is 0. The van der Waals surface area contributed by atoms with Gasteiger partial charge in [-0.15, -0.1) is 0 Å². The molecule has 0 aromatic rings. The van der Waals surface area contributed by atoms with Crippen LogP contribution in [0.3, 0.4) is 0 Å². The minimum absolute atomic E-state index is 0.265. The van der Waals surface area contributed by atoms with E-state index in [9.17, 15) is 4.39 Å². The van der Waals surface area contributed by atoms with E-state index in [1.165, 1.54) is 6.21 Å². The molecule has 0 heterocycles. The topological polar surface area (TPSA) is 12.4 Å². The minimum atomic E-state index is -0.285. The lowest BCUT2D eigenvalue weighted by Gasteiger charge is -1.98. The molecule has 1 unspecified atom stereocenters. The normalized spacial score (nSPS) is 15.2. The Balaban J connectivity index is 4.10. The molecule has 0 aliphatic heterocycles. The van der Waals surface area contributed by atoms with Gasteiger partial charge in [0, 0.05) is 5.70 Å². The van der Waals surface area contributed by atoms with Crippen LogP contribution in [0, 0.1) is 5.92 Å². The van der Waals surface area contributed by atoms with Gasteiger partial charge in [0.25, 0.3) is 0 Å². The third-order valence-corrected chi connectivity index (χ3v) is 1.50. The van der Waals surface area contributed by atoms with Crippen molar-refractivity contribution in [3.63, 3.8) is 0 Å². The fourth-order valence-corrected chi connectivity index (χ4v) is 0.605. The highest BCUT2D eigenvalue weighted by molar-refractivity contribution is 5.76. The van der Waals surface area contributed by atoms with E-state index in [-0.39, 0.29) is 11.7 Å². The Morgan fingerprint density at radius 2 is 2.25 bits per heavy atom. The van der Waals surface area contributed by atoms with Gasteiger partial charge in [0.15, 0.2) is 0 Å². The highest BCUT2D eigenvalue weighted by atomic mass is 19.1. The van der Waals surface area contributed by atoms with Gasteiger partial charge in [0.1, 0.15) is 5.83 Å².